The number of nitrogens with zero attached hydrogens (tertiary/aromatic N) is 1. The fraction of sp³-hybridized carbons (Fsp3) is 0.500. The zero-order valence-corrected chi connectivity index (χ0v) is 12.2. The second-order valence-electron chi connectivity index (χ2n) is 5.31. The van der Waals surface area contributed by atoms with E-state index in [0.29, 0.717) is 23.3 Å². The first-order valence-corrected chi connectivity index (χ1v) is 7.14. The summed E-state index contributed by atoms with van der Waals surface area (Å²) in [5, 5.41) is 1.10. The minimum Gasteiger partial charge on any atom is -0.376 e. The van der Waals surface area contributed by atoms with Crippen LogP contribution in [0.2, 0.25) is 10.0 Å². The fourth-order valence-corrected chi connectivity index (χ4v) is 3.53. The van der Waals surface area contributed by atoms with Gasteiger partial charge in [-0.2, -0.15) is 0 Å². The van der Waals surface area contributed by atoms with E-state index in [1.807, 2.05) is 11.8 Å². The summed E-state index contributed by atoms with van der Waals surface area (Å²) < 4.78 is 5.25. The van der Waals surface area contributed by atoms with E-state index in [-0.39, 0.29) is 17.4 Å². The van der Waals surface area contributed by atoms with Crippen molar-refractivity contribution < 1.29 is 9.53 Å². The number of carbonyl (C=O) groups is 1. The van der Waals surface area contributed by atoms with E-state index in [0.717, 1.165) is 18.5 Å². The third kappa shape index (κ3) is 1.95. The van der Waals surface area contributed by atoms with Gasteiger partial charge in [-0.15, -0.1) is 0 Å². The predicted octanol–water partition coefficient (Wildman–Crippen LogP) is 3.10. The molecule has 2 aliphatic heterocycles. The molecule has 0 N–H and O–H groups in total. The summed E-state index contributed by atoms with van der Waals surface area (Å²) in [7, 11) is 0. The first kappa shape index (κ1) is 13.2. The minimum absolute atomic E-state index is 0.0426. The highest BCUT2D eigenvalue weighted by Crippen LogP contribution is 2.41. The minimum atomic E-state index is -0.320. The Hall–Kier alpha value is -0.770. The van der Waals surface area contributed by atoms with Crippen molar-refractivity contribution in [2.45, 2.75) is 24.8 Å². The van der Waals surface area contributed by atoms with Gasteiger partial charge in [-0.3, -0.25) is 4.79 Å². The molecule has 1 unspecified atom stereocenters. The molecule has 1 spiro atoms. The molecule has 2 heterocycles. The molecule has 1 amide bonds. The molecule has 0 aromatic heterocycles. The highest BCUT2D eigenvalue weighted by molar-refractivity contribution is 6.36. The van der Waals surface area contributed by atoms with Crippen molar-refractivity contribution in [3.63, 3.8) is 0 Å². The highest BCUT2D eigenvalue weighted by Gasteiger charge is 2.53. The zero-order chi connectivity index (χ0) is 13.6. The van der Waals surface area contributed by atoms with Gasteiger partial charge in [0.05, 0.1) is 24.7 Å². The van der Waals surface area contributed by atoms with E-state index < -0.39 is 0 Å². The Labute approximate surface area is 122 Å². The number of carbonyl (C=O) groups excluding carboxylic acids is 1. The Morgan fingerprint density at radius 2 is 2.00 bits per heavy atom. The van der Waals surface area contributed by atoms with Crippen LogP contribution in [0.4, 0.5) is 0 Å². The van der Waals surface area contributed by atoms with Crippen molar-refractivity contribution in [3.05, 3.63) is 33.8 Å². The molecule has 2 aliphatic rings. The maximum absolute atomic E-state index is 12.6. The molecule has 19 heavy (non-hydrogen) atoms. The zero-order valence-electron chi connectivity index (χ0n) is 10.7. The van der Waals surface area contributed by atoms with Gasteiger partial charge in [0.25, 0.3) is 0 Å². The molecule has 0 aliphatic carbocycles. The number of benzene rings is 1. The van der Waals surface area contributed by atoms with E-state index >= 15 is 0 Å². The third-order valence-corrected chi connectivity index (χ3v) is 4.84. The Morgan fingerprint density at radius 1 is 1.37 bits per heavy atom. The standard InChI is InChI=1S/C14H15Cl2NO2/c1-9(12-10(15)3-2-4-11(12)16)13(18)17-6-5-14(17)7-19-8-14/h2-4,9H,5-8H2,1H3. The average Bonchev–Trinajstić information content (AvgIpc) is 2.25. The van der Waals surface area contributed by atoms with Crippen LogP contribution in [0.15, 0.2) is 18.2 Å². The van der Waals surface area contributed by atoms with E-state index in [4.69, 9.17) is 27.9 Å². The topological polar surface area (TPSA) is 29.5 Å². The lowest BCUT2D eigenvalue weighted by molar-refractivity contribution is -0.200. The quantitative estimate of drug-likeness (QED) is 0.840. The summed E-state index contributed by atoms with van der Waals surface area (Å²) in [6.07, 6.45) is 1.03. The molecule has 3 rings (SSSR count). The summed E-state index contributed by atoms with van der Waals surface area (Å²) in [6, 6.07) is 5.33. The molecule has 1 aromatic rings. The normalized spacial score (nSPS) is 21.7. The molecular weight excluding hydrogens is 285 g/mol. The molecule has 0 radical (unpaired) electrons. The van der Waals surface area contributed by atoms with E-state index in [1.165, 1.54) is 0 Å². The third-order valence-electron chi connectivity index (χ3n) is 4.18. The molecular formula is C14H15Cl2NO2. The second-order valence-corrected chi connectivity index (χ2v) is 6.13. The average molecular weight is 300 g/mol. The molecule has 0 bridgehead atoms. The van der Waals surface area contributed by atoms with Gasteiger partial charge in [-0.25, -0.2) is 0 Å². The maximum Gasteiger partial charge on any atom is 0.230 e. The Bertz CT molecular complexity index is 502. The highest BCUT2D eigenvalue weighted by atomic mass is 35.5. The smallest absolute Gasteiger partial charge is 0.230 e. The lowest BCUT2D eigenvalue weighted by Gasteiger charge is -2.58. The molecule has 1 atom stereocenters. The van der Waals surface area contributed by atoms with Gasteiger partial charge in [-0.1, -0.05) is 29.3 Å². The molecule has 2 saturated heterocycles. The lowest BCUT2D eigenvalue weighted by Crippen LogP contribution is -2.72. The summed E-state index contributed by atoms with van der Waals surface area (Å²) in [5.41, 5.74) is 0.678. The summed E-state index contributed by atoms with van der Waals surface area (Å²) >= 11 is 12.3. The van der Waals surface area contributed by atoms with Crippen molar-refractivity contribution >= 4 is 29.1 Å². The van der Waals surface area contributed by atoms with Crippen molar-refractivity contribution in [2.75, 3.05) is 19.8 Å². The lowest BCUT2D eigenvalue weighted by atomic mass is 9.81. The van der Waals surface area contributed by atoms with Gasteiger partial charge in [0.1, 0.15) is 0 Å². The fourth-order valence-electron chi connectivity index (χ4n) is 2.80. The SMILES string of the molecule is CC(C(=O)N1CCC12COC2)c1c(Cl)cccc1Cl. The number of likely N-dealkylation sites (tertiary alicyclic amines) is 1. The maximum atomic E-state index is 12.6. The van der Waals surface area contributed by atoms with Crippen LogP contribution in [0.5, 0.6) is 0 Å². The monoisotopic (exact) mass is 299 g/mol. The van der Waals surface area contributed by atoms with Crippen LogP contribution in [0.3, 0.4) is 0 Å². The van der Waals surface area contributed by atoms with Crippen LogP contribution in [-0.2, 0) is 9.53 Å². The van der Waals surface area contributed by atoms with E-state index in [1.54, 1.807) is 18.2 Å². The van der Waals surface area contributed by atoms with Crippen LogP contribution in [0.1, 0.15) is 24.8 Å². The van der Waals surface area contributed by atoms with Gasteiger partial charge in [-0.05, 0) is 25.5 Å². The summed E-state index contributed by atoms with van der Waals surface area (Å²) in [4.78, 5) is 14.5. The Balaban J connectivity index is 1.84. The first-order valence-electron chi connectivity index (χ1n) is 6.38. The number of rotatable bonds is 2. The number of ether oxygens (including phenoxy) is 1. The molecule has 3 nitrogen and oxygen atoms in total. The van der Waals surface area contributed by atoms with Crippen LogP contribution in [0, 0.1) is 0 Å². The first-order chi connectivity index (χ1) is 9.05. The van der Waals surface area contributed by atoms with Crippen LogP contribution < -0.4 is 0 Å². The van der Waals surface area contributed by atoms with Crippen molar-refractivity contribution in [1.82, 2.24) is 4.90 Å². The van der Waals surface area contributed by atoms with Gasteiger partial charge < -0.3 is 9.64 Å². The second kappa shape index (κ2) is 4.65. The van der Waals surface area contributed by atoms with E-state index in [2.05, 4.69) is 0 Å². The largest absolute Gasteiger partial charge is 0.376 e. The van der Waals surface area contributed by atoms with Crippen LogP contribution in [-0.4, -0.2) is 36.1 Å². The van der Waals surface area contributed by atoms with E-state index in [9.17, 15) is 4.79 Å². The van der Waals surface area contributed by atoms with Gasteiger partial charge in [0.15, 0.2) is 0 Å². The van der Waals surface area contributed by atoms with Crippen molar-refractivity contribution in [1.29, 1.82) is 0 Å². The molecule has 5 heteroatoms. The molecule has 102 valence electrons. The Kier molecular flexibility index (Phi) is 3.24. The molecule has 2 fully saturated rings. The van der Waals surface area contributed by atoms with Crippen molar-refractivity contribution in [3.8, 4) is 0 Å². The molecule has 0 saturated carbocycles. The van der Waals surface area contributed by atoms with Crippen LogP contribution >= 0.6 is 23.2 Å². The number of halogens is 2. The number of hydrogen-bond donors (Lipinski definition) is 0. The van der Waals surface area contributed by atoms with Crippen LogP contribution in [0.25, 0.3) is 0 Å². The number of hydrogen-bond acceptors (Lipinski definition) is 2. The summed E-state index contributed by atoms with van der Waals surface area (Å²) in [5.74, 6) is -0.233. The van der Waals surface area contributed by atoms with Gasteiger partial charge in [0.2, 0.25) is 5.91 Å². The molecule has 1 aromatic carbocycles. The number of amides is 1. The summed E-state index contributed by atoms with van der Waals surface area (Å²) in [6.45, 7) is 3.97. The predicted molar refractivity (Wildman–Crippen MR) is 74.8 cm³/mol. The van der Waals surface area contributed by atoms with Crippen molar-refractivity contribution in [2.24, 2.45) is 0 Å². The Morgan fingerprint density at radius 3 is 2.42 bits per heavy atom. The van der Waals surface area contributed by atoms with Gasteiger partial charge in [0, 0.05) is 22.2 Å². The van der Waals surface area contributed by atoms with Gasteiger partial charge >= 0.3 is 0 Å².